The van der Waals surface area contributed by atoms with Gasteiger partial charge in [0.15, 0.2) is 0 Å². The fourth-order valence-electron chi connectivity index (χ4n) is 0. The monoisotopic (exact) mass is 378 g/mol. The smallest absolute Gasteiger partial charge is 0.0666 e. The molecule has 0 atom stereocenters. The summed E-state index contributed by atoms with van der Waals surface area (Å²) in [6.07, 6.45) is 0. The second-order valence-corrected chi connectivity index (χ2v) is 2.14. The second-order valence-electron chi connectivity index (χ2n) is 2.14. The van der Waals surface area contributed by atoms with Crippen LogP contribution in [0.2, 0.25) is 0 Å². The van der Waals surface area contributed by atoms with Gasteiger partial charge in [0.25, 0.3) is 0 Å². The van der Waals surface area contributed by atoms with Gasteiger partial charge in [-0.05, 0) is 25.0 Å². The molecule has 0 N–H and O–H groups in total. The minimum atomic E-state index is -1.19. The minimum absolute atomic E-state index is 0. The average Bonchev–Trinajstić information content (AvgIpc) is 1.88. The van der Waals surface area contributed by atoms with Crippen LogP contribution in [-0.2, 0) is 9.59 Å². The number of carbonyl (C=O) groups excluding carboxylic acids is 2. The van der Waals surface area contributed by atoms with Gasteiger partial charge in [-0.1, -0.05) is 13.2 Å². The summed E-state index contributed by atoms with van der Waals surface area (Å²) in [5.41, 5.74) is 0.130. The Morgan fingerprint density at radius 2 is 1.00 bits per heavy atom. The summed E-state index contributed by atoms with van der Waals surface area (Å²) in [7, 11) is 0. The molecule has 0 rings (SSSR count). The van der Waals surface area contributed by atoms with Crippen molar-refractivity contribution in [2.45, 2.75) is 13.8 Å². The van der Waals surface area contributed by atoms with Crippen molar-refractivity contribution in [2.75, 3.05) is 0 Å². The predicted octanol–water partition coefficient (Wildman–Crippen LogP) is -1.76. The molecule has 13 heavy (non-hydrogen) atoms. The van der Waals surface area contributed by atoms with Gasteiger partial charge in [-0.15, -0.1) is 0 Å². The molecule has 0 aliphatic carbocycles. The van der Waals surface area contributed by atoms with Crippen LogP contribution in [0.4, 0.5) is 0 Å². The Hall–Kier alpha value is -0.658. The first-order valence-electron chi connectivity index (χ1n) is 3.02. The van der Waals surface area contributed by atoms with Gasteiger partial charge >= 0.3 is 0 Å². The van der Waals surface area contributed by atoms with Crippen molar-refractivity contribution in [3.63, 3.8) is 0 Å². The molecule has 0 bridgehead atoms. The maximum atomic E-state index is 9.49. The van der Waals surface area contributed by atoms with E-state index in [2.05, 4.69) is 13.2 Å². The molecule has 0 aromatic carbocycles. The number of carboxylic acid groups (broad SMARTS) is 2. The van der Waals surface area contributed by atoms with Crippen LogP contribution in [0.1, 0.15) is 13.8 Å². The van der Waals surface area contributed by atoms with Crippen molar-refractivity contribution in [1.29, 1.82) is 0 Å². The van der Waals surface area contributed by atoms with Crippen molar-refractivity contribution in [2.24, 2.45) is 0 Å². The normalized spacial score (nSPS) is 6.92. The van der Waals surface area contributed by atoms with Gasteiger partial charge in [0.1, 0.15) is 0 Å². The van der Waals surface area contributed by atoms with Gasteiger partial charge in [0.05, 0.1) is 11.9 Å². The Bertz CT molecular complexity index is 172. The van der Waals surface area contributed by atoms with Gasteiger partial charge in [-0.3, -0.25) is 0 Å². The Morgan fingerprint density at radius 1 is 0.923 bits per heavy atom. The van der Waals surface area contributed by atoms with Gasteiger partial charge < -0.3 is 19.8 Å². The van der Waals surface area contributed by atoms with E-state index in [4.69, 9.17) is 0 Å². The molecule has 0 heterocycles. The molecule has 0 unspecified atom stereocenters. The molecule has 4 radical (unpaired) electrons. The quantitative estimate of drug-likeness (QED) is 0.422. The van der Waals surface area contributed by atoms with Crippen LogP contribution in [0.3, 0.4) is 0 Å². The summed E-state index contributed by atoms with van der Waals surface area (Å²) in [6, 6.07) is 0. The summed E-state index contributed by atoms with van der Waals surface area (Å²) in [5, 5.41) is 19.0. The maximum absolute atomic E-state index is 9.49. The number of rotatable bonds is 2. The SMILES string of the molecule is C=C(C)C(=O)[O-].C=C(C)C(=O)[O-].[Pb]. The third-order valence-electron chi connectivity index (χ3n) is 0.697. The summed E-state index contributed by atoms with van der Waals surface area (Å²) in [6.45, 7) is 8.95. The number of aliphatic carboxylic acids is 2. The second kappa shape index (κ2) is 9.43. The summed E-state index contributed by atoms with van der Waals surface area (Å²) >= 11 is 0. The zero-order valence-corrected chi connectivity index (χ0v) is 11.4. The van der Waals surface area contributed by atoms with Gasteiger partial charge in [-0.2, -0.15) is 0 Å². The van der Waals surface area contributed by atoms with Gasteiger partial charge in [0, 0.05) is 27.3 Å². The molecule has 0 saturated carbocycles. The standard InChI is InChI=1S/2C4H6O2.Pb/c2*1-3(2)4(5)6;/h2*1H2,2H3,(H,5,6);/p-2. The molecular formula is C8H10O4Pb-2. The molecule has 5 heteroatoms. The molecule has 0 aromatic rings. The molecule has 0 saturated heterocycles. The van der Waals surface area contributed by atoms with E-state index in [0.717, 1.165) is 0 Å². The van der Waals surface area contributed by atoms with Crippen LogP contribution < -0.4 is 10.2 Å². The molecular weight excluding hydrogens is 367 g/mol. The molecule has 0 amide bonds. The minimum Gasteiger partial charge on any atom is -0.545 e. The van der Waals surface area contributed by atoms with Crippen LogP contribution in [-0.4, -0.2) is 39.2 Å². The fraction of sp³-hybridized carbons (Fsp3) is 0.250. The van der Waals surface area contributed by atoms with Crippen molar-refractivity contribution < 1.29 is 19.8 Å². The molecule has 0 aliphatic heterocycles. The summed E-state index contributed by atoms with van der Waals surface area (Å²) in [5.74, 6) is -2.37. The van der Waals surface area contributed by atoms with Crippen molar-refractivity contribution in [1.82, 2.24) is 0 Å². The number of hydrogen-bond acceptors (Lipinski definition) is 4. The number of carboxylic acids is 2. The van der Waals surface area contributed by atoms with Crippen molar-refractivity contribution in [3.8, 4) is 0 Å². The average molecular weight is 377 g/mol. The fourth-order valence-corrected chi connectivity index (χ4v) is 0. The zero-order valence-electron chi connectivity index (χ0n) is 7.55. The Morgan fingerprint density at radius 3 is 1.00 bits per heavy atom. The summed E-state index contributed by atoms with van der Waals surface area (Å²) < 4.78 is 0. The van der Waals surface area contributed by atoms with E-state index in [9.17, 15) is 19.8 Å². The Balaban J connectivity index is -0.000000143. The molecule has 0 aliphatic rings. The first-order chi connectivity index (χ1) is 5.29. The zero-order chi connectivity index (χ0) is 10.3. The van der Waals surface area contributed by atoms with Crippen LogP contribution in [0.15, 0.2) is 24.3 Å². The van der Waals surface area contributed by atoms with Gasteiger partial charge in [-0.25, -0.2) is 0 Å². The van der Waals surface area contributed by atoms with Crippen molar-refractivity contribution in [3.05, 3.63) is 24.3 Å². The van der Waals surface area contributed by atoms with Crippen LogP contribution >= 0.6 is 0 Å². The van der Waals surface area contributed by atoms with Crippen LogP contribution in [0, 0.1) is 0 Å². The van der Waals surface area contributed by atoms with E-state index < -0.39 is 11.9 Å². The van der Waals surface area contributed by atoms with E-state index in [1.54, 1.807) is 0 Å². The first kappa shape index (κ1) is 18.2. The summed E-state index contributed by atoms with van der Waals surface area (Å²) in [4.78, 5) is 19.0. The maximum Gasteiger partial charge on any atom is 0.0666 e. The van der Waals surface area contributed by atoms with E-state index in [1.165, 1.54) is 13.8 Å². The third kappa shape index (κ3) is 18.4. The van der Waals surface area contributed by atoms with E-state index in [-0.39, 0.29) is 38.4 Å². The van der Waals surface area contributed by atoms with Crippen LogP contribution in [0.25, 0.3) is 0 Å². The number of hydrogen-bond donors (Lipinski definition) is 0. The molecule has 0 fully saturated rings. The topological polar surface area (TPSA) is 80.3 Å². The molecule has 0 spiro atoms. The van der Waals surface area contributed by atoms with E-state index >= 15 is 0 Å². The van der Waals surface area contributed by atoms with E-state index in [0.29, 0.717) is 0 Å². The van der Waals surface area contributed by atoms with Crippen molar-refractivity contribution >= 4 is 39.2 Å². The first-order valence-corrected chi connectivity index (χ1v) is 3.02. The Labute approximate surface area is 97.1 Å². The molecule has 0 aromatic heterocycles. The largest absolute Gasteiger partial charge is 0.545 e. The van der Waals surface area contributed by atoms with Gasteiger partial charge in [0.2, 0.25) is 0 Å². The Kier molecular flexibility index (Phi) is 13.2. The molecule has 72 valence electrons. The number of carbonyl (C=O) groups is 2. The predicted molar refractivity (Wildman–Crippen MR) is 45.4 cm³/mol. The molecule has 4 nitrogen and oxygen atoms in total. The third-order valence-corrected chi connectivity index (χ3v) is 0.697. The van der Waals surface area contributed by atoms with E-state index in [1.807, 2.05) is 0 Å². The van der Waals surface area contributed by atoms with Crippen LogP contribution in [0.5, 0.6) is 0 Å².